The van der Waals surface area contributed by atoms with Crippen molar-refractivity contribution in [1.29, 1.82) is 0 Å². The van der Waals surface area contributed by atoms with Crippen LogP contribution in [0.2, 0.25) is 0 Å². The van der Waals surface area contributed by atoms with Gasteiger partial charge in [-0.05, 0) is 68.0 Å². The number of hydrogen-bond acceptors (Lipinski definition) is 3. The van der Waals surface area contributed by atoms with Crippen LogP contribution in [-0.2, 0) is 21.2 Å². The summed E-state index contributed by atoms with van der Waals surface area (Å²) >= 11 is 0. The summed E-state index contributed by atoms with van der Waals surface area (Å²) in [5.74, 6) is -2.97. The van der Waals surface area contributed by atoms with Gasteiger partial charge in [-0.25, -0.2) is 21.6 Å². The summed E-state index contributed by atoms with van der Waals surface area (Å²) in [6, 6.07) is 5.60. The van der Waals surface area contributed by atoms with Crippen LogP contribution in [0.5, 0.6) is 0 Å². The van der Waals surface area contributed by atoms with E-state index in [4.69, 9.17) is 0 Å². The summed E-state index contributed by atoms with van der Waals surface area (Å²) in [5.41, 5.74) is 1.92. The summed E-state index contributed by atoms with van der Waals surface area (Å²) in [4.78, 5) is 13.9. The fourth-order valence-corrected chi connectivity index (χ4v) is 5.98. The number of piperidine rings is 1. The highest BCUT2D eigenvalue weighted by Crippen LogP contribution is 2.34. The van der Waals surface area contributed by atoms with E-state index in [9.17, 15) is 26.4 Å². The summed E-state index contributed by atoms with van der Waals surface area (Å²) in [7, 11) is -4.22. The maximum atomic E-state index is 14.6. The van der Waals surface area contributed by atoms with Gasteiger partial charge in [0.15, 0.2) is 0 Å². The monoisotopic (exact) mass is 452 g/mol. The summed E-state index contributed by atoms with van der Waals surface area (Å²) in [6.45, 7) is 2.23. The SMILES string of the molecule is Cc1cc(F)c2c(c1)CCCN2C(=O)C1CCN(S(=O)(=O)c2cc(F)ccc2F)CC1. The van der Waals surface area contributed by atoms with Crippen LogP contribution in [0.15, 0.2) is 35.2 Å². The number of halogens is 3. The zero-order chi connectivity index (χ0) is 22.3. The van der Waals surface area contributed by atoms with Gasteiger partial charge in [-0.1, -0.05) is 6.07 Å². The molecule has 0 aromatic heterocycles. The van der Waals surface area contributed by atoms with E-state index < -0.39 is 38.3 Å². The van der Waals surface area contributed by atoms with Crippen molar-refractivity contribution in [2.75, 3.05) is 24.5 Å². The fraction of sp³-hybridized carbons (Fsp3) is 0.409. The summed E-state index contributed by atoms with van der Waals surface area (Å²) < 4.78 is 68.7. The van der Waals surface area contributed by atoms with Crippen molar-refractivity contribution in [2.45, 2.75) is 37.5 Å². The number of sulfonamides is 1. The highest BCUT2D eigenvalue weighted by Gasteiger charge is 2.37. The Bertz CT molecular complexity index is 1130. The van der Waals surface area contributed by atoms with Crippen molar-refractivity contribution in [3.05, 3.63) is 58.9 Å². The fourth-order valence-electron chi connectivity index (χ4n) is 4.44. The van der Waals surface area contributed by atoms with Crippen LogP contribution in [0.4, 0.5) is 18.9 Å². The Morgan fingerprint density at radius 2 is 1.71 bits per heavy atom. The molecule has 2 aromatic rings. The lowest BCUT2D eigenvalue weighted by atomic mass is 9.93. The topological polar surface area (TPSA) is 57.7 Å². The molecule has 2 heterocycles. The second-order valence-electron chi connectivity index (χ2n) is 8.10. The number of hydrogen-bond donors (Lipinski definition) is 0. The molecule has 31 heavy (non-hydrogen) atoms. The smallest absolute Gasteiger partial charge is 0.246 e. The van der Waals surface area contributed by atoms with E-state index in [1.165, 1.54) is 11.0 Å². The molecule has 2 aliphatic heterocycles. The van der Waals surface area contributed by atoms with Crippen LogP contribution in [0.1, 0.15) is 30.4 Å². The Balaban J connectivity index is 1.50. The number of carbonyl (C=O) groups is 1. The number of anilines is 1. The lowest BCUT2D eigenvalue weighted by Gasteiger charge is -2.36. The number of carbonyl (C=O) groups excluding carboxylic acids is 1. The predicted octanol–water partition coefficient (Wildman–Crippen LogP) is 3.79. The quantitative estimate of drug-likeness (QED) is 0.712. The average molecular weight is 452 g/mol. The highest BCUT2D eigenvalue weighted by atomic mass is 32.2. The van der Waals surface area contributed by atoms with Gasteiger partial charge in [-0.2, -0.15) is 4.31 Å². The van der Waals surface area contributed by atoms with E-state index in [1.54, 1.807) is 0 Å². The van der Waals surface area contributed by atoms with Crippen LogP contribution in [-0.4, -0.2) is 38.3 Å². The van der Waals surface area contributed by atoms with Crippen LogP contribution >= 0.6 is 0 Å². The van der Waals surface area contributed by atoms with Gasteiger partial charge in [0, 0.05) is 25.6 Å². The van der Waals surface area contributed by atoms with Crippen molar-refractivity contribution in [1.82, 2.24) is 4.31 Å². The third-order valence-corrected chi connectivity index (χ3v) is 7.88. The van der Waals surface area contributed by atoms with Gasteiger partial charge in [-0.3, -0.25) is 4.79 Å². The molecule has 166 valence electrons. The first-order valence-electron chi connectivity index (χ1n) is 10.2. The number of amides is 1. The van der Waals surface area contributed by atoms with E-state index in [1.807, 2.05) is 13.0 Å². The van der Waals surface area contributed by atoms with Gasteiger partial charge in [0.05, 0.1) is 5.69 Å². The number of aryl methyl sites for hydroxylation is 2. The van der Waals surface area contributed by atoms with E-state index >= 15 is 0 Å². The predicted molar refractivity (Wildman–Crippen MR) is 110 cm³/mol. The van der Waals surface area contributed by atoms with Crippen LogP contribution in [0.3, 0.4) is 0 Å². The molecule has 0 unspecified atom stereocenters. The molecule has 1 saturated heterocycles. The lowest BCUT2D eigenvalue weighted by Crippen LogP contribution is -2.46. The van der Waals surface area contributed by atoms with E-state index in [2.05, 4.69) is 0 Å². The molecule has 1 amide bonds. The number of rotatable bonds is 3. The average Bonchev–Trinajstić information content (AvgIpc) is 2.74. The van der Waals surface area contributed by atoms with E-state index in [0.717, 1.165) is 34.0 Å². The number of benzene rings is 2. The minimum atomic E-state index is -4.22. The highest BCUT2D eigenvalue weighted by molar-refractivity contribution is 7.89. The summed E-state index contributed by atoms with van der Waals surface area (Å²) in [6.07, 6.45) is 1.89. The first-order valence-corrected chi connectivity index (χ1v) is 11.7. The molecule has 5 nitrogen and oxygen atoms in total. The standard InChI is InChI=1S/C22H23F3N2O3S/c1-14-11-16-3-2-8-27(21(16)19(25)12-14)22(28)15-6-9-26(10-7-15)31(29,30)20-13-17(23)4-5-18(20)24/h4-5,11-13,15H,2-3,6-10H2,1H3. The molecule has 0 N–H and O–H groups in total. The molecule has 2 aromatic carbocycles. The molecular formula is C22H23F3N2O3S. The Morgan fingerprint density at radius 1 is 1.00 bits per heavy atom. The van der Waals surface area contributed by atoms with Crippen LogP contribution < -0.4 is 4.90 Å². The van der Waals surface area contributed by atoms with Gasteiger partial charge in [0.25, 0.3) is 0 Å². The molecule has 2 aliphatic rings. The number of fused-ring (bicyclic) bond motifs is 1. The van der Waals surface area contributed by atoms with Gasteiger partial charge >= 0.3 is 0 Å². The van der Waals surface area contributed by atoms with Crippen molar-refractivity contribution >= 4 is 21.6 Å². The van der Waals surface area contributed by atoms with Gasteiger partial charge < -0.3 is 4.90 Å². The molecule has 9 heteroatoms. The molecule has 0 saturated carbocycles. The van der Waals surface area contributed by atoms with E-state index in [0.29, 0.717) is 24.7 Å². The van der Waals surface area contributed by atoms with Crippen molar-refractivity contribution < 1.29 is 26.4 Å². The first-order chi connectivity index (χ1) is 14.7. The molecule has 0 aliphatic carbocycles. The third-order valence-electron chi connectivity index (χ3n) is 5.96. The Hall–Kier alpha value is -2.39. The molecule has 0 atom stereocenters. The van der Waals surface area contributed by atoms with Crippen molar-refractivity contribution in [3.63, 3.8) is 0 Å². The lowest BCUT2D eigenvalue weighted by molar-refractivity contribution is -0.123. The molecular weight excluding hydrogens is 429 g/mol. The molecule has 0 bridgehead atoms. The molecule has 1 fully saturated rings. The molecule has 0 spiro atoms. The van der Waals surface area contributed by atoms with Gasteiger partial charge in [0.1, 0.15) is 22.3 Å². The Labute approximate surface area is 179 Å². The third kappa shape index (κ3) is 4.08. The molecule has 0 radical (unpaired) electrons. The van der Waals surface area contributed by atoms with Crippen molar-refractivity contribution in [3.8, 4) is 0 Å². The summed E-state index contributed by atoms with van der Waals surface area (Å²) in [5, 5.41) is 0. The Kier molecular flexibility index (Phi) is 5.83. The van der Waals surface area contributed by atoms with Crippen LogP contribution in [0, 0.1) is 30.3 Å². The second kappa shape index (κ2) is 8.27. The molecule has 4 rings (SSSR count). The normalized spacial score (nSPS) is 18.1. The largest absolute Gasteiger partial charge is 0.309 e. The van der Waals surface area contributed by atoms with Gasteiger partial charge in [0.2, 0.25) is 15.9 Å². The first kappa shape index (κ1) is 21.8. The zero-order valence-electron chi connectivity index (χ0n) is 17.1. The van der Waals surface area contributed by atoms with Crippen LogP contribution in [0.25, 0.3) is 0 Å². The van der Waals surface area contributed by atoms with Crippen molar-refractivity contribution in [2.24, 2.45) is 5.92 Å². The minimum absolute atomic E-state index is 0.00572. The zero-order valence-corrected chi connectivity index (χ0v) is 17.9. The van der Waals surface area contributed by atoms with Gasteiger partial charge in [-0.15, -0.1) is 0 Å². The minimum Gasteiger partial charge on any atom is -0.309 e. The van der Waals surface area contributed by atoms with E-state index in [-0.39, 0.29) is 31.8 Å². The number of nitrogens with zero attached hydrogens (tertiary/aromatic N) is 2. The Morgan fingerprint density at radius 3 is 2.42 bits per heavy atom. The maximum absolute atomic E-state index is 14.6. The maximum Gasteiger partial charge on any atom is 0.246 e. The second-order valence-corrected chi connectivity index (χ2v) is 10.0.